The molecule has 3 fully saturated rings. The molecule has 3 rings (SSSR count). The van der Waals surface area contributed by atoms with Gasteiger partial charge in [-0.25, -0.2) is 0 Å². The van der Waals surface area contributed by atoms with Crippen molar-refractivity contribution in [3.8, 4) is 0 Å². The highest BCUT2D eigenvalue weighted by atomic mass is 16.8. The van der Waals surface area contributed by atoms with Gasteiger partial charge in [0.15, 0.2) is 5.79 Å². The molecule has 2 saturated carbocycles. The van der Waals surface area contributed by atoms with Crippen LogP contribution in [0.25, 0.3) is 0 Å². The summed E-state index contributed by atoms with van der Waals surface area (Å²) in [5.74, 6) is -0.491. The van der Waals surface area contributed by atoms with Crippen LogP contribution in [0.1, 0.15) is 38.5 Å². The van der Waals surface area contributed by atoms with Gasteiger partial charge in [0.25, 0.3) is 0 Å². The van der Waals surface area contributed by atoms with Gasteiger partial charge >= 0.3 is 0 Å². The average Bonchev–Trinajstić information content (AvgIpc) is 2.66. The van der Waals surface area contributed by atoms with Crippen molar-refractivity contribution in [2.24, 2.45) is 5.73 Å². The molecular formula is C12H21NO4. The molecule has 5 heteroatoms. The molecule has 17 heavy (non-hydrogen) atoms. The molecule has 0 aromatic heterocycles. The number of ether oxygens (including phenoxy) is 2. The summed E-state index contributed by atoms with van der Waals surface area (Å²) in [6.07, 6.45) is 3.53. The van der Waals surface area contributed by atoms with Crippen molar-refractivity contribution in [1.29, 1.82) is 0 Å². The fraction of sp³-hybridized carbons (Fsp3) is 1.00. The van der Waals surface area contributed by atoms with Gasteiger partial charge in [0, 0.05) is 19.3 Å². The molecule has 5 nitrogen and oxygen atoms in total. The minimum Gasteiger partial charge on any atom is -0.390 e. The molecule has 3 aliphatic rings. The lowest BCUT2D eigenvalue weighted by atomic mass is 9.86. The van der Waals surface area contributed by atoms with Gasteiger partial charge in [0.1, 0.15) is 6.10 Å². The van der Waals surface area contributed by atoms with E-state index in [4.69, 9.17) is 15.2 Å². The Balaban J connectivity index is 1.76. The minimum absolute atomic E-state index is 0.165. The number of hydrogen-bond donors (Lipinski definition) is 3. The van der Waals surface area contributed by atoms with E-state index in [2.05, 4.69) is 0 Å². The summed E-state index contributed by atoms with van der Waals surface area (Å²) in [7, 11) is 0. The van der Waals surface area contributed by atoms with Crippen molar-refractivity contribution in [3.63, 3.8) is 0 Å². The Morgan fingerprint density at radius 2 is 1.76 bits per heavy atom. The van der Waals surface area contributed by atoms with Crippen molar-refractivity contribution in [1.82, 2.24) is 0 Å². The van der Waals surface area contributed by atoms with Crippen molar-refractivity contribution in [2.75, 3.05) is 0 Å². The first-order valence-corrected chi connectivity index (χ1v) is 6.59. The number of rotatable bonds is 0. The molecule has 0 unspecified atom stereocenters. The van der Waals surface area contributed by atoms with Crippen LogP contribution in [0.3, 0.4) is 0 Å². The smallest absolute Gasteiger partial charge is 0.169 e. The zero-order valence-corrected chi connectivity index (χ0v) is 9.92. The second-order valence-corrected chi connectivity index (χ2v) is 5.58. The number of hydrogen-bond acceptors (Lipinski definition) is 5. The van der Waals surface area contributed by atoms with Crippen LogP contribution in [0.2, 0.25) is 0 Å². The zero-order valence-electron chi connectivity index (χ0n) is 9.92. The summed E-state index contributed by atoms with van der Waals surface area (Å²) < 4.78 is 12.0. The third-order valence-corrected chi connectivity index (χ3v) is 4.34. The Morgan fingerprint density at radius 3 is 2.47 bits per heavy atom. The molecule has 2 aliphatic carbocycles. The van der Waals surface area contributed by atoms with E-state index in [0.717, 1.165) is 25.7 Å². The highest BCUT2D eigenvalue weighted by Crippen LogP contribution is 2.44. The van der Waals surface area contributed by atoms with Crippen LogP contribution in [0.15, 0.2) is 0 Å². The summed E-state index contributed by atoms with van der Waals surface area (Å²) >= 11 is 0. The monoisotopic (exact) mass is 243 g/mol. The van der Waals surface area contributed by atoms with E-state index in [1.54, 1.807) is 0 Å². The third-order valence-electron chi connectivity index (χ3n) is 4.34. The molecule has 0 bridgehead atoms. The highest BCUT2D eigenvalue weighted by Gasteiger charge is 2.54. The quantitative estimate of drug-likeness (QED) is 0.552. The molecule has 1 spiro atoms. The maximum Gasteiger partial charge on any atom is 0.169 e. The molecule has 98 valence electrons. The predicted octanol–water partition coefficient (Wildman–Crippen LogP) is -0.116. The molecule has 0 radical (unpaired) electrons. The number of nitrogens with two attached hydrogens (primary N) is 1. The number of aliphatic hydroxyl groups is 2. The van der Waals surface area contributed by atoms with E-state index < -0.39 is 24.0 Å². The maximum atomic E-state index is 9.77. The van der Waals surface area contributed by atoms with Gasteiger partial charge in [-0.3, -0.25) is 0 Å². The second-order valence-electron chi connectivity index (χ2n) is 5.58. The van der Waals surface area contributed by atoms with Gasteiger partial charge in [0.2, 0.25) is 0 Å². The van der Waals surface area contributed by atoms with Gasteiger partial charge in [-0.2, -0.15) is 0 Å². The lowest BCUT2D eigenvalue weighted by molar-refractivity contribution is -0.194. The van der Waals surface area contributed by atoms with Crippen LogP contribution in [0, 0.1) is 0 Å². The standard InChI is InChI=1S/C12H21NO4/c13-9-10(15)7(14)6-8-11(9)17-12(16-8)4-2-1-3-5-12/h7-11,14-15H,1-6,13H2/t7-,8-,9-,10-,11-/m1/s1. The molecule has 1 aliphatic heterocycles. The Hall–Kier alpha value is -0.200. The minimum atomic E-state index is -0.904. The summed E-state index contributed by atoms with van der Waals surface area (Å²) in [5, 5.41) is 19.5. The Kier molecular flexibility index (Phi) is 2.91. The normalized spacial score (nSPS) is 49.2. The van der Waals surface area contributed by atoms with Gasteiger partial charge in [-0.05, 0) is 12.8 Å². The van der Waals surface area contributed by atoms with Crippen molar-refractivity contribution in [2.45, 2.75) is 74.8 Å². The number of fused-ring (bicyclic) bond motifs is 1. The van der Waals surface area contributed by atoms with E-state index >= 15 is 0 Å². The van der Waals surface area contributed by atoms with Crippen molar-refractivity contribution < 1.29 is 19.7 Å². The van der Waals surface area contributed by atoms with E-state index in [9.17, 15) is 10.2 Å². The molecule has 4 N–H and O–H groups in total. The van der Waals surface area contributed by atoms with Gasteiger partial charge < -0.3 is 25.4 Å². The summed E-state index contributed by atoms with van der Waals surface area (Å²) in [6.45, 7) is 0. The van der Waals surface area contributed by atoms with E-state index in [1.807, 2.05) is 0 Å². The molecule has 0 aromatic rings. The van der Waals surface area contributed by atoms with Crippen LogP contribution >= 0.6 is 0 Å². The first-order chi connectivity index (χ1) is 8.11. The van der Waals surface area contributed by atoms with E-state index in [0.29, 0.717) is 6.42 Å². The largest absolute Gasteiger partial charge is 0.390 e. The lowest BCUT2D eigenvalue weighted by Gasteiger charge is -2.36. The topological polar surface area (TPSA) is 84.9 Å². The van der Waals surface area contributed by atoms with Gasteiger partial charge in [-0.15, -0.1) is 0 Å². The summed E-state index contributed by atoms with van der Waals surface area (Å²) in [6, 6.07) is -0.551. The summed E-state index contributed by atoms with van der Waals surface area (Å²) in [4.78, 5) is 0. The van der Waals surface area contributed by atoms with E-state index in [-0.39, 0.29) is 12.2 Å². The SMILES string of the molecule is N[C@@H]1[C@H](O)[C@H](O)C[C@H]2OC3(CCCCC3)O[C@@H]12. The van der Waals surface area contributed by atoms with Crippen LogP contribution in [-0.4, -0.2) is 46.5 Å². The van der Waals surface area contributed by atoms with Gasteiger partial charge in [-0.1, -0.05) is 6.42 Å². The van der Waals surface area contributed by atoms with Crippen LogP contribution < -0.4 is 5.73 Å². The first kappa shape index (κ1) is 11.9. The second kappa shape index (κ2) is 4.17. The molecule has 0 aromatic carbocycles. The maximum absolute atomic E-state index is 9.77. The van der Waals surface area contributed by atoms with Gasteiger partial charge in [0.05, 0.1) is 24.4 Å². The third kappa shape index (κ3) is 1.90. The molecule has 1 saturated heterocycles. The highest BCUT2D eigenvalue weighted by molar-refractivity contribution is 5.02. The van der Waals surface area contributed by atoms with Crippen LogP contribution in [-0.2, 0) is 9.47 Å². The molecular weight excluding hydrogens is 222 g/mol. The summed E-state index contributed by atoms with van der Waals surface area (Å²) in [5.41, 5.74) is 5.93. The van der Waals surface area contributed by atoms with Crippen LogP contribution in [0.5, 0.6) is 0 Å². The zero-order chi connectivity index (χ0) is 12.0. The average molecular weight is 243 g/mol. The van der Waals surface area contributed by atoms with E-state index in [1.165, 1.54) is 6.42 Å². The predicted molar refractivity (Wildman–Crippen MR) is 60.2 cm³/mol. The van der Waals surface area contributed by atoms with Crippen molar-refractivity contribution in [3.05, 3.63) is 0 Å². The van der Waals surface area contributed by atoms with Crippen molar-refractivity contribution >= 4 is 0 Å². The lowest BCUT2D eigenvalue weighted by Crippen LogP contribution is -2.58. The fourth-order valence-corrected chi connectivity index (χ4v) is 3.36. The van der Waals surface area contributed by atoms with Crippen LogP contribution in [0.4, 0.5) is 0 Å². The Bertz CT molecular complexity index is 292. The molecule has 5 atom stereocenters. The number of aliphatic hydroxyl groups excluding tert-OH is 2. The Labute approximate surface area is 101 Å². The fourth-order valence-electron chi connectivity index (χ4n) is 3.36. The first-order valence-electron chi connectivity index (χ1n) is 6.59. The Morgan fingerprint density at radius 1 is 1.06 bits per heavy atom. The molecule has 1 heterocycles. The molecule has 0 amide bonds.